The Hall–Kier alpha value is -9.90. The molecule has 0 aliphatic rings. The van der Waals surface area contributed by atoms with Crippen LogP contribution in [-0.4, -0.2) is 9.13 Å². The normalized spacial score (nSPS) is 11.8. The van der Waals surface area contributed by atoms with Crippen LogP contribution in [0.4, 0.5) is 17.1 Å². The van der Waals surface area contributed by atoms with Crippen molar-refractivity contribution in [3.63, 3.8) is 0 Å². The molecule has 0 spiro atoms. The Kier molecular flexibility index (Phi) is 9.54. The van der Waals surface area contributed by atoms with E-state index in [0.29, 0.717) is 0 Å². The van der Waals surface area contributed by atoms with Crippen molar-refractivity contribution in [3.8, 4) is 44.8 Å². The second-order valence-electron chi connectivity index (χ2n) is 19.2. The lowest BCUT2D eigenvalue weighted by atomic mass is 9.95. The molecular weight excluding hydrogens is 899 g/mol. The number of anilines is 3. The maximum Gasteiger partial charge on any atom is 0.143 e. The van der Waals surface area contributed by atoms with Gasteiger partial charge in [0, 0.05) is 66.0 Å². The fourth-order valence-corrected chi connectivity index (χ4v) is 11.7. The molecule has 3 heterocycles. The SMILES string of the molecule is c1ccc(-n2c3ccccc3c3cc(-c4ccc(N(c5ccc(-c6ccc7c8ccccc8n(-c8ccccc8)c7c6)cc5)c5ccc(-c6cccc7c6oc6ccccc67)cc5)c5ccccc45)ccc32)cc1. The summed E-state index contributed by atoms with van der Waals surface area (Å²) in [7, 11) is 0. The first-order valence-corrected chi connectivity index (χ1v) is 25.3. The molecule has 0 saturated carbocycles. The lowest BCUT2D eigenvalue weighted by Crippen LogP contribution is -2.10. The van der Waals surface area contributed by atoms with E-state index in [1.165, 1.54) is 65.7 Å². The standard InChI is InChI=1S/C70H45N3O/c1-3-16-50(17-4-1)72-65-28-13-10-23-59(65)63-44-49(35-42-67(63)72)54-41-43-66(57-21-8-7-20-56(54)57)71(53-38-32-47(33-39-53)55-25-15-26-62-61-24-11-14-29-69(61)74-70(55)62)52-36-30-46(31-37-52)48-34-40-60-58-22-9-12-27-64(58)73(68(60)45-48)51-18-5-2-6-19-51/h1-45H. The fraction of sp³-hybridized carbons (Fsp3) is 0. The number of fused-ring (bicyclic) bond motifs is 10. The zero-order valence-electron chi connectivity index (χ0n) is 40.2. The molecule has 0 saturated heterocycles. The van der Waals surface area contributed by atoms with Crippen molar-refractivity contribution < 1.29 is 4.42 Å². The van der Waals surface area contributed by atoms with Crippen LogP contribution in [0.2, 0.25) is 0 Å². The van der Waals surface area contributed by atoms with Gasteiger partial charge < -0.3 is 18.5 Å². The largest absolute Gasteiger partial charge is 0.455 e. The summed E-state index contributed by atoms with van der Waals surface area (Å²) in [6.07, 6.45) is 0. The van der Waals surface area contributed by atoms with E-state index in [9.17, 15) is 0 Å². The predicted octanol–water partition coefficient (Wildman–Crippen LogP) is 19.4. The molecule has 0 bridgehead atoms. The molecule has 12 aromatic carbocycles. The van der Waals surface area contributed by atoms with Gasteiger partial charge in [-0.1, -0.05) is 182 Å². The second-order valence-corrected chi connectivity index (χ2v) is 19.2. The summed E-state index contributed by atoms with van der Waals surface area (Å²) in [4.78, 5) is 2.41. The molecule has 0 atom stereocenters. The molecule has 0 fully saturated rings. The van der Waals surface area contributed by atoms with E-state index in [1.807, 2.05) is 12.1 Å². The second kappa shape index (κ2) is 16.9. The number of para-hydroxylation sites is 6. The number of hydrogen-bond acceptors (Lipinski definition) is 2. The van der Waals surface area contributed by atoms with Gasteiger partial charge in [0.15, 0.2) is 0 Å². The highest BCUT2D eigenvalue weighted by molar-refractivity contribution is 6.14. The van der Waals surface area contributed by atoms with Gasteiger partial charge >= 0.3 is 0 Å². The van der Waals surface area contributed by atoms with E-state index in [0.717, 1.165) is 72.5 Å². The maximum atomic E-state index is 6.52. The first-order valence-electron chi connectivity index (χ1n) is 25.3. The van der Waals surface area contributed by atoms with Gasteiger partial charge in [-0.3, -0.25) is 0 Å². The Morgan fingerprint density at radius 1 is 0.270 bits per heavy atom. The van der Waals surface area contributed by atoms with Crippen molar-refractivity contribution in [2.45, 2.75) is 0 Å². The van der Waals surface area contributed by atoms with Gasteiger partial charge in [0.25, 0.3) is 0 Å². The van der Waals surface area contributed by atoms with Gasteiger partial charge in [-0.05, 0) is 124 Å². The molecular formula is C70H45N3O. The molecule has 0 amide bonds. The van der Waals surface area contributed by atoms with Gasteiger partial charge in [0.05, 0.1) is 27.8 Å². The summed E-state index contributed by atoms with van der Waals surface area (Å²) < 4.78 is 11.3. The van der Waals surface area contributed by atoms with Crippen LogP contribution in [0.25, 0.3) is 121 Å². The maximum absolute atomic E-state index is 6.52. The predicted molar refractivity (Wildman–Crippen MR) is 311 cm³/mol. The Morgan fingerprint density at radius 2 is 0.784 bits per heavy atom. The fourth-order valence-electron chi connectivity index (χ4n) is 11.7. The van der Waals surface area contributed by atoms with Gasteiger partial charge in [-0.2, -0.15) is 0 Å². The smallest absolute Gasteiger partial charge is 0.143 e. The van der Waals surface area contributed by atoms with Gasteiger partial charge in [0.1, 0.15) is 11.2 Å². The number of nitrogens with zero attached hydrogens (tertiary/aromatic N) is 3. The van der Waals surface area contributed by atoms with Crippen LogP contribution < -0.4 is 4.90 Å². The number of hydrogen-bond donors (Lipinski definition) is 0. The topological polar surface area (TPSA) is 26.2 Å². The minimum absolute atomic E-state index is 0.897. The third-order valence-corrected chi connectivity index (χ3v) is 15.1. The van der Waals surface area contributed by atoms with E-state index in [4.69, 9.17) is 4.42 Å². The molecule has 346 valence electrons. The molecule has 3 aromatic heterocycles. The number of benzene rings is 12. The van der Waals surface area contributed by atoms with Crippen molar-refractivity contribution in [3.05, 3.63) is 273 Å². The Labute approximate surface area is 427 Å². The molecule has 0 aliphatic heterocycles. The van der Waals surface area contributed by atoms with Gasteiger partial charge in [0.2, 0.25) is 0 Å². The van der Waals surface area contributed by atoms with E-state index >= 15 is 0 Å². The highest BCUT2D eigenvalue weighted by atomic mass is 16.3. The van der Waals surface area contributed by atoms with Crippen molar-refractivity contribution in [1.82, 2.24) is 9.13 Å². The molecule has 0 N–H and O–H groups in total. The average molecular weight is 944 g/mol. The lowest BCUT2D eigenvalue weighted by molar-refractivity contribution is 0.670. The van der Waals surface area contributed by atoms with Crippen LogP contribution in [0, 0.1) is 0 Å². The van der Waals surface area contributed by atoms with Crippen LogP contribution >= 0.6 is 0 Å². The zero-order valence-corrected chi connectivity index (χ0v) is 40.2. The lowest BCUT2D eigenvalue weighted by Gasteiger charge is -2.28. The molecule has 0 radical (unpaired) electrons. The van der Waals surface area contributed by atoms with Crippen LogP contribution in [0.3, 0.4) is 0 Å². The van der Waals surface area contributed by atoms with E-state index in [2.05, 4.69) is 275 Å². The van der Waals surface area contributed by atoms with E-state index in [1.54, 1.807) is 0 Å². The third-order valence-electron chi connectivity index (χ3n) is 15.1. The van der Waals surface area contributed by atoms with Gasteiger partial charge in [-0.25, -0.2) is 0 Å². The van der Waals surface area contributed by atoms with Crippen molar-refractivity contribution >= 4 is 93.4 Å². The minimum Gasteiger partial charge on any atom is -0.455 e. The molecule has 74 heavy (non-hydrogen) atoms. The summed E-state index contributed by atoms with van der Waals surface area (Å²) in [5.74, 6) is 0. The summed E-state index contributed by atoms with van der Waals surface area (Å²) in [5, 5.41) is 9.56. The van der Waals surface area contributed by atoms with E-state index < -0.39 is 0 Å². The van der Waals surface area contributed by atoms with Crippen LogP contribution in [-0.2, 0) is 0 Å². The number of rotatable bonds is 8. The molecule has 0 unspecified atom stereocenters. The zero-order chi connectivity index (χ0) is 48.7. The quantitative estimate of drug-likeness (QED) is 0.152. The average Bonchev–Trinajstić information content (AvgIpc) is 4.14. The van der Waals surface area contributed by atoms with E-state index in [-0.39, 0.29) is 0 Å². The molecule has 4 heteroatoms. The highest BCUT2D eigenvalue weighted by Gasteiger charge is 2.21. The minimum atomic E-state index is 0.897. The third kappa shape index (κ3) is 6.62. The molecule has 15 aromatic rings. The molecule has 4 nitrogen and oxygen atoms in total. The number of furan rings is 1. The Balaban J connectivity index is 0.873. The summed E-state index contributed by atoms with van der Waals surface area (Å²) >= 11 is 0. The number of aromatic nitrogens is 2. The van der Waals surface area contributed by atoms with Crippen molar-refractivity contribution in [2.75, 3.05) is 4.90 Å². The Bertz CT molecular complexity index is 4640. The molecule has 15 rings (SSSR count). The first-order chi connectivity index (χ1) is 36.7. The summed E-state index contributed by atoms with van der Waals surface area (Å²) in [5.41, 5.74) is 19.0. The first kappa shape index (κ1) is 41.8. The van der Waals surface area contributed by atoms with Crippen molar-refractivity contribution in [2.24, 2.45) is 0 Å². The van der Waals surface area contributed by atoms with Crippen LogP contribution in [0.5, 0.6) is 0 Å². The Morgan fingerprint density at radius 3 is 1.49 bits per heavy atom. The molecule has 0 aliphatic carbocycles. The van der Waals surface area contributed by atoms with Crippen molar-refractivity contribution in [1.29, 1.82) is 0 Å². The highest BCUT2D eigenvalue weighted by Crippen LogP contribution is 2.45. The van der Waals surface area contributed by atoms with Gasteiger partial charge in [-0.15, -0.1) is 0 Å². The van der Waals surface area contributed by atoms with Crippen LogP contribution in [0.1, 0.15) is 0 Å². The summed E-state index contributed by atoms with van der Waals surface area (Å²) in [6, 6.07) is 99.0. The summed E-state index contributed by atoms with van der Waals surface area (Å²) in [6.45, 7) is 0. The van der Waals surface area contributed by atoms with Crippen LogP contribution in [0.15, 0.2) is 277 Å². The monoisotopic (exact) mass is 943 g/mol.